The van der Waals surface area contributed by atoms with Crippen LogP contribution in [0.25, 0.3) is 0 Å². The summed E-state index contributed by atoms with van der Waals surface area (Å²) >= 11 is 0. The van der Waals surface area contributed by atoms with Crippen LogP contribution in [0.1, 0.15) is 30.1 Å². The Morgan fingerprint density at radius 2 is 2.00 bits per heavy atom. The fourth-order valence-corrected chi connectivity index (χ4v) is 1.53. The fourth-order valence-electron chi connectivity index (χ4n) is 1.53. The van der Waals surface area contributed by atoms with Crippen LogP contribution in [0.3, 0.4) is 0 Å². The molecule has 3 heteroatoms. The van der Waals surface area contributed by atoms with Gasteiger partial charge in [-0.1, -0.05) is 50.1 Å². The van der Waals surface area contributed by atoms with E-state index in [0.717, 1.165) is 24.7 Å². The standard InChI is InChI=1S/C12H17BO2/c1-3-4-10-13(15-2)12(14)11-8-6-5-7-9-11/h5-9H,3-4,10H2,1-2H3. The molecule has 0 amide bonds. The van der Waals surface area contributed by atoms with E-state index >= 15 is 0 Å². The molecule has 1 aromatic rings. The Morgan fingerprint density at radius 1 is 1.33 bits per heavy atom. The van der Waals surface area contributed by atoms with Gasteiger partial charge in [-0.15, -0.1) is 0 Å². The summed E-state index contributed by atoms with van der Waals surface area (Å²) in [5.41, 5.74) is 0.826. The molecule has 0 unspecified atom stereocenters. The molecule has 0 atom stereocenters. The number of carbonyl (C=O) groups excluding carboxylic acids is 1. The lowest BCUT2D eigenvalue weighted by atomic mass is 9.57. The van der Waals surface area contributed by atoms with Gasteiger partial charge in [0.05, 0.1) is 0 Å². The molecular formula is C12H17BO2. The number of hydrogen-bond acceptors (Lipinski definition) is 2. The lowest BCUT2D eigenvalue weighted by Crippen LogP contribution is -2.28. The molecule has 0 fully saturated rings. The van der Waals surface area contributed by atoms with Crippen molar-refractivity contribution in [3.8, 4) is 0 Å². The third-order valence-electron chi connectivity index (χ3n) is 2.46. The van der Waals surface area contributed by atoms with Gasteiger partial charge in [-0.05, 0) is 6.32 Å². The molecule has 1 rings (SSSR count). The number of carbonyl (C=O) groups is 1. The first kappa shape index (κ1) is 12.0. The van der Waals surface area contributed by atoms with Crippen LogP contribution in [0.15, 0.2) is 30.3 Å². The summed E-state index contributed by atoms with van der Waals surface area (Å²) in [7, 11) is 1.60. The van der Waals surface area contributed by atoms with Crippen LogP contribution in [0.4, 0.5) is 0 Å². The number of benzene rings is 1. The predicted molar refractivity (Wildman–Crippen MR) is 63.3 cm³/mol. The second kappa shape index (κ2) is 6.41. The van der Waals surface area contributed by atoms with Gasteiger partial charge in [0.1, 0.15) is 0 Å². The van der Waals surface area contributed by atoms with Crippen molar-refractivity contribution in [3.63, 3.8) is 0 Å². The Hall–Kier alpha value is -1.09. The molecule has 0 heterocycles. The van der Waals surface area contributed by atoms with E-state index in [-0.39, 0.29) is 12.6 Å². The second-order valence-corrected chi connectivity index (χ2v) is 3.60. The van der Waals surface area contributed by atoms with Gasteiger partial charge in [0.15, 0.2) is 5.68 Å². The zero-order chi connectivity index (χ0) is 11.1. The van der Waals surface area contributed by atoms with Gasteiger partial charge in [-0.3, -0.25) is 0 Å². The minimum atomic E-state index is -0.285. The van der Waals surface area contributed by atoms with Gasteiger partial charge in [0.2, 0.25) is 0 Å². The predicted octanol–water partition coefficient (Wildman–Crippen LogP) is 2.85. The molecule has 2 nitrogen and oxygen atoms in total. The number of unbranched alkanes of at least 4 members (excludes halogenated alkanes) is 1. The average Bonchev–Trinajstić information content (AvgIpc) is 2.31. The molecule has 0 aliphatic carbocycles. The van der Waals surface area contributed by atoms with Gasteiger partial charge >= 0.3 is 6.92 Å². The first-order valence-corrected chi connectivity index (χ1v) is 5.41. The highest BCUT2D eigenvalue weighted by molar-refractivity contribution is 6.88. The van der Waals surface area contributed by atoms with Crippen LogP contribution in [0.5, 0.6) is 0 Å². The smallest absolute Gasteiger partial charge is 0.375 e. The lowest BCUT2D eigenvalue weighted by Gasteiger charge is -2.09. The molecular weight excluding hydrogens is 187 g/mol. The van der Waals surface area contributed by atoms with Gasteiger partial charge in [0.25, 0.3) is 0 Å². The average molecular weight is 204 g/mol. The quantitative estimate of drug-likeness (QED) is 0.666. The fraction of sp³-hybridized carbons (Fsp3) is 0.417. The Morgan fingerprint density at radius 3 is 2.53 bits per heavy atom. The largest absolute Gasteiger partial charge is 0.431 e. The van der Waals surface area contributed by atoms with Gasteiger partial charge in [-0.2, -0.15) is 0 Å². The summed E-state index contributed by atoms with van der Waals surface area (Å²) in [5, 5.41) is 0. The van der Waals surface area contributed by atoms with Crippen LogP contribution < -0.4 is 0 Å². The van der Waals surface area contributed by atoms with Crippen molar-refractivity contribution in [3.05, 3.63) is 35.9 Å². The SMILES string of the molecule is CCCCB(OC)C(=O)c1ccccc1. The van der Waals surface area contributed by atoms with E-state index in [1.807, 2.05) is 30.3 Å². The second-order valence-electron chi connectivity index (χ2n) is 3.60. The Kier molecular flexibility index (Phi) is 5.12. The normalized spacial score (nSPS) is 10.0. The molecule has 15 heavy (non-hydrogen) atoms. The maximum atomic E-state index is 12.0. The van der Waals surface area contributed by atoms with Crippen molar-refractivity contribution in [1.82, 2.24) is 0 Å². The zero-order valence-corrected chi connectivity index (χ0v) is 9.40. The van der Waals surface area contributed by atoms with E-state index in [0.29, 0.717) is 0 Å². The molecule has 0 bridgehead atoms. The third kappa shape index (κ3) is 3.52. The molecule has 0 aliphatic rings. The molecule has 0 aliphatic heterocycles. The minimum absolute atomic E-state index is 0.0894. The highest BCUT2D eigenvalue weighted by atomic mass is 16.4. The van der Waals surface area contributed by atoms with E-state index in [9.17, 15) is 4.79 Å². The van der Waals surface area contributed by atoms with Crippen LogP contribution in [0, 0.1) is 0 Å². The minimum Gasteiger partial charge on any atom is -0.431 e. The molecule has 80 valence electrons. The van der Waals surface area contributed by atoms with Crippen molar-refractivity contribution in [1.29, 1.82) is 0 Å². The summed E-state index contributed by atoms with van der Waals surface area (Å²) in [6.45, 7) is 1.83. The Labute approximate surface area is 91.8 Å². The molecule has 0 N–H and O–H groups in total. The van der Waals surface area contributed by atoms with Crippen LogP contribution >= 0.6 is 0 Å². The molecule has 0 radical (unpaired) electrons. The summed E-state index contributed by atoms with van der Waals surface area (Å²) in [6, 6.07) is 9.32. The summed E-state index contributed by atoms with van der Waals surface area (Å²) in [5.74, 6) is 0. The van der Waals surface area contributed by atoms with E-state index in [1.54, 1.807) is 7.11 Å². The van der Waals surface area contributed by atoms with Crippen molar-refractivity contribution in [2.45, 2.75) is 26.1 Å². The molecule has 0 saturated carbocycles. The number of rotatable bonds is 6. The van der Waals surface area contributed by atoms with Crippen LogP contribution in [0.2, 0.25) is 6.32 Å². The zero-order valence-electron chi connectivity index (χ0n) is 9.40. The van der Waals surface area contributed by atoms with Crippen molar-refractivity contribution in [2.75, 3.05) is 7.11 Å². The van der Waals surface area contributed by atoms with Gasteiger partial charge < -0.3 is 9.45 Å². The summed E-state index contributed by atoms with van der Waals surface area (Å²) in [6.07, 6.45) is 2.92. The van der Waals surface area contributed by atoms with Crippen LogP contribution in [-0.4, -0.2) is 19.7 Å². The first-order valence-electron chi connectivity index (χ1n) is 5.41. The highest BCUT2D eigenvalue weighted by Gasteiger charge is 2.24. The van der Waals surface area contributed by atoms with Crippen molar-refractivity contribution >= 4 is 12.6 Å². The van der Waals surface area contributed by atoms with Gasteiger partial charge in [0, 0.05) is 12.7 Å². The Balaban J connectivity index is 2.65. The molecule has 0 aromatic heterocycles. The van der Waals surface area contributed by atoms with Crippen molar-refractivity contribution < 1.29 is 9.45 Å². The monoisotopic (exact) mass is 204 g/mol. The lowest BCUT2D eigenvalue weighted by molar-refractivity contribution is 0.105. The Bertz CT molecular complexity index is 298. The van der Waals surface area contributed by atoms with Crippen LogP contribution in [-0.2, 0) is 4.65 Å². The van der Waals surface area contributed by atoms with E-state index in [2.05, 4.69) is 6.92 Å². The van der Waals surface area contributed by atoms with Crippen molar-refractivity contribution in [2.24, 2.45) is 0 Å². The number of hydrogen-bond donors (Lipinski definition) is 0. The maximum absolute atomic E-state index is 12.0. The summed E-state index contributed by atoms with van der Waals surface area (Å²) in [4.78, 5) is 12.0. The first-order chi connectivity index (χ1) is 7.29. The molecule has 1 aromatic carbocycles. The summed E-state index contributed by atoms with van der Waals surface area (Å²) < 4.78 is 5.22. The molecule has 0 spiro atoms. The third-order valence-corrected chi connectivity index (χ3v) is 2.46. The van der Waals surface area contributed by atoms with E-state index < -0.39 is 0 Å². The molecule has 0 saturated heterocycles. The van der Waals surface area contributed by atoms with E-state index in [1.165, 1.54) is 0 Å². The topological polar surface area (TPSA) is 26.3 Å². The maximum Gasteiger partial charge on any atom is 0.375 e. The van der Waals surface area contributed by atoms with Gasteiger partial charge in [-0.25, -0.2) is 0 Å². The highest BCUT2D eigenvalue weighted by Crippen LogP contribution is 2.09. The van der Waals surface area contributed by atoms with E-state index in [4.69, 9.17) is 4.65 Å².